The van der Waals surface area contributed by atoms with Gasteiger partial charge in [0.1, 0.15) is 5.78 Å². The van der Waals surface area contributed by atoms with Gasteiger partial charge in [-0.3, -0.25) is 4.79 Å². The van der Waals surface area contributed by atoms with Crippen LogP contribution in [0.25, 0.3) is 0 Å². The summed E-state index contributed by atoms with van der Waals surface area (Å²) in [6.07, 6.45) is 8.55. The Hall–Kier alpha value is -1.31. The van der Waals surface area contributed by atoms with Gasteiger partial charge >= 0.3 is 0 Å². The summed E-state index contributed by atoms with van der Waals surface area (Å²) >= 11 is 0. The van der Waals surface area contributed by atoms with Crippen molar-refractivity contribution in [1.29, 1.82) is 0 Å². The molecular formula is C19H36N6O. The van der Waals surface area contributed by atoms with Crippen molar-refractivity contribution < 1.29 is 4.79 Å². The van der Waals surface area contributed by atoms with Crippen LogP contribution in [0.3, 0.4) is 0 Å². The highest BCUT2D eigenvalue weighted by Crippen LogP contribution is 2.24. The Morgan fingerprint density at radius 2 is 1.77 bits per heavy atom. The van der Waals surface area contributed by atoms with Gasteiger partial charge in [-0.2, -0.15) is 0 Å². The molecule has 4 atom stereocenters. The minimum atomic E-state index is -0.309. The second kappa shape index (κ2) is 9.06. The van der Waals surface area contributed by atoms with Crippen molar-refractivity contribution in [2.45, 2.75) is 96.3 Å². The topological polar surface area (TPSA) is 126 Å². The van der Waals surface area contributed by atoms with Crippen LogP contribution in [-0.2, 0) is 11.2 Å². The van der Waals surface area contributed by atoms with Gasteiger partial charge in [-0.25, -0.2) is 4.68 Å². The lowest BCUT2D eigenvalue weighted by Gasteiger charge is -2.27. The minimum absolute atomic E-state index is 0.0374. The van der Waals surface area contributed by atoms with Crippen molar-refractivity contribution in [2.75, 3.05) is 0 Å². The zero-order chi connectivity index (χ0) is 19.3. The Morgan fingerprint density at radius 1 is 1.12 bits per heavy atom. The van der Waals surface area contributed by atoms with Crippen LogP contribution in [0.2, 0.25) is 0 Å². The molecule has 0 saturated heterocycles. The Morgan fingerprint density at radius 3 is 2.46 bits per heavy atom. The number of nitrogens with two attached hydrogens (primary N) is 3. The standard InChI is InChI=1S/C19H36N6O/c1-19(2,3)18(26)8-7-16-12-25(24-23-16)17-6-4-5-13(20)9-14(21)10-15(22)11-17/h12-15,17H,4-11,20-22H2,1-3H3. The molecule has 0 radical (unpaired) electrons. The first-order valence-electron chi connectivity index (χ1n) is 9.86. The third-order valence-corrected chi connectivity index (χ3v) is 5.27. The minimum Gasteiger partial charge on any atom is -0.328 e. The van der Waals surface area contributed by atoms with E-state index in [1.54, 1.807) is 0 Å². The maximum absolute atomic E-state index is 12.1. The van der Waals surface area contributed by atoms with Gasteiger partial charge < -0.3 is 17.2 Å². The fourth-order valence-electron chi connectivity index (χ4n) is 3.63. The van der Waals surface area contributed by atoms with Crippen molar-refractivity contribution >= 4 is 5.78 Å². The largest absolute Gasteiger partial charge is 0.328 e. The molecule has 148 valence electrons. The molecule has 1 heterocycles. The van der Waals surface area contributed by atoms with E-state index >= 15 is 0 Å². The monoisotopic (exact) mass is 364 g/mol. The highest BCUT2D eigenvalue weighted by atomic mass is 16.1. The molecule has 1 aliphatic rings. The molecule has 0 bridgehead atoms. The first kappa shape index (κ1) is 21.0. The maximum atomic E-state index is 12.1. The van der Waals surface area contributed by atoms with Crippen LogP contribution in [-0.4, -0.2) is 38.9 Å². The SMILES string of the molecule is CC(C)(C)C(=O)CCc1cn(C2CCCC(N)CC(N)CC(N)C2)nn1. The van der Waals surface area contributed by atoms with Crippen molar-refractivity contribution in [3.8, 4) is 0 Å². The fraction of sp³-hybridized carbons (Fsp3) is 0.842. The molecule has 1 fully saturated rings. The highest BCUT2D eigenvalue weighted by molar-refractivity contribution is 5.83. The number of aromatic nitrogens is 3. The first-order chi connectivity index (χ1) is 12.1. The van der Waals surface area contributed by atoms with E-state index < -0.39 is 0 Å². The maximum Gasteiger partial charge on any atom is 0.138 e. The van der Waals surface area contributed by atoms with E-state index in [-0.39, 0.29) is 35.4 Å². The molecular weight excluding hydrogens is 328 g/mol. The summed E-state index contributed by atoms with van der Waals surface area (Å²) in [4.78, 5) is 12.1. The normalized spacial score (nSPS) is 28.7. The summed E-state index contributed by atoms with van der Waals surface area (Å²) < 4.78 is 1.93. The van der Waals surface area contributed by atoms with E-state index in [0.29, 0.717) is 12.8 Å². The van der Waals surface area contributed by atoms with Crippen LogP contribution in [0.1, 0.15) is 77.5 Å². The van der Waals surface area contributed by atoms with Crippen LogP contribution in [0, 0.1) is 5.41 Å². The van der Waals surface area contributed by atoms with Crippen molar-refractivity contribution in [3.05, 3.63) is 11.9 Å². The molecule has 6 N–H and O–H groups in total. The molecule has 0 aromatic carbocycles. The van der Waals surface area contributed by atoms with Crippen molar-refractivity contribution in [1.82, 2.24) is 15.0 Å². The number of aryl methyl sites for hydroxylation is 1. The van der Waals surface area contributed by atoms with E-state index in [1.807, 2.05) is 31.6 Å². The quantitative estimate of drug-likeness (QED) is 0.746. The molecule has 7 heteroatoms. The zero-order valence-corrected chi connectivity index (χ0v) is 16.5. The number of ketones is 1. The van der Waals surface area contributed by atoms with Gasteiger partial charge in [0.05, 0.1) is 11.7 Å². The van der Waals surface area contributed by atoms with E-state index in [2.05, 4.69) is 10.3 Å². The number of nitrogens with zero attached hydrogens (tertiary/aromatic N) is 3. The Labute approximate surface area is 157 Å². The lowest BCUT2D eigenvalue weighted by molar-refractivity contribution is -0.126. The summed E-state index contributed by atoms with van der Waals surface area (Å²) in [6, 6.07) is 0.455. The Bertz CT molecular complexity index is 579. The third-order valence-electron chi connectivity index (χ3n) is 5.27. The average molecular weight is 365 g/mol. The van der Waals surface area contributed by atoms with Gasteiger partial charge in [0.2, 0.25) is 0 Å². The first-order valence-corrected chi connectivity index (χ1v) is 9.86. The number of carbonyl (C=O) groups excluding carboxylic acids is 1. The second-order valence-electron chi connectivity index (χ2n) is 8.94. The van der Waals surface area contributed by atoms with Gasteiger partial charge in [-0.15, -0.1) is 5.10 Å². The third kappa shape index (κ3) is 6.45. The van der Waals surface area contributed by atoms with Crippen LogP contribution in [0.4, 0.5) is 0 Å². The zero-order valence-electron chi connectivity index (χ0n) is 16.5. The molecule has 7 nitrogen and oxygen atoms in total. The molecule has 26 heavy (non-hydrogen) atoms. The molecule has 1 saturated carbocycles. The average Bonchev–Trinajstić information content (AvgIpc) is 2.98. The van der Waals surface area contributed by atoms with Gasteiger partial charge in [0.25, 0.3) is 0 Å². The van der Waals surface area contributed by atoms with Crippen LogP contribution >= 0.6 is 0 Å². The molecule has 1 aromatic rings. The molecule has 0 aliphatic heterocycles. The molecule has 1 aromatic heterocycles. The fourth-order valence-corrected chi connectivity index (χ4v) is 3.63. The number of hydrogen-bond acceptors (Lipinski definition) is 6. The number of hydrogen-bond donors (Lipinski definition) is 3. The summed E-state index contributed by atoms with van der Waals surface area (Å²) in [5.41, 5.74) is 19.2. The summed E-state index contributed by atoms with van der Waals surface area (Å²) in [5, 5.41) is 8.58. The molecule has 0 amide bonds. The lowest BCUT2D eigenvalue weighted by Crippen LogP contribution is -2.38. The second-order valence-corrected chi connectivity index (χ2v) is 8.94. The van der Waals surface area contributed by atoms with E-state index in [9.17, 15) is 4.79 Å². The molecule has 4 unspecified atom stereocenters. The van der Waals surface area contributed by atoms with Crippen LogP contribution in [0.5, 0.6) is 0 Å². The van der Waals surface area contributed by atoms with Gasteiger partial charge in [0.15, 0.2) is 0 Å². The van der Waals surface area contributed by atoms with Gasteiger partial charge in [0, 0.05) is 42.6 Å². The Kier molecular flexibility index (Phi) is 7.32. The van der Waals surface area contributed by atoms with E-state index in [4.69, 9.17) is 17.2 Å². The molecule has 1 aliphatic carbocycles. The predicted molar refractivity (Wildman–Crippen MR) is 103 cm³/mol. The predicted octanol–water partition coefficient (Wildman–Crippen LogP) is 1.70. The lowest BCUT2D eigenvalue weighted by atomic mass is 9.88. The van der Waals surface area contributed by atoms with E-state index in [1.165, 1.54) is 0 Å². The number of Topliss-reactive ketones (excluding diaryl/α,β-unsaturated/α-hetero) is 1. The molecule has 0 spiro atoms. The smallest absolute Gasteiger partial charge is 0.138 e. The van der Waals surface area contributed by atoms with Gasteiger partial charge in [-0.1, -0.05) is 26.0 Å². The Balaban J connectivity index is 1.99. The summed E-state index contributed by atoms with van der Waals surface area (Å²) in [5.74, 6) is 0.246. The summed E-state index contributed by atoms with van der Waals surface area (Å²) in [6.45, 7) is 5.84. The number of rotatable bonds is 4. The van der Waals surface area contributed by atoms with Crippen LogP contribution in [0.15, 0.2) is 6.20 Å². The van der Waals surface area contributed by atoms with Crippen molar-refractivity contribution in [3.63, 3.8) is 0 Å². The molecule has 2 rings (SSSR count). The highest BCUT2D eigenvalue weighted by Gasteiger charge is 2.23. The van der Waals surface area contributed by atoms with Crippen LogP contribution < -0.4 is 17.2 Å². The van der Waals surface area contributed by atoms with E-state index in [0.717, 1.165) is 44.2 Å². The number of carbonyl (C=O) groups is 1. The van der Waals surface area contributed by atoms with Crippen molar-refractivity contribution in [2.24, 2.45) is 22.6 Å². The summed E-state index contributed by atoms with van der Waals surface area (Å²) in [7, 11) is 0. The van der Waals surface area contributed by atoms with Gasteiger partial charge in [-0.05, 0) is 38.5 Å².